The molecule has 6 heteroatoms. The fourth-order valence-electron chi connectivity index (χ4n) is 2.28. The second-order valence-electron chi connectivity index (χ2n) is 5.25. The van der Waals surface area contributed by atoms with Crippen LogP contribution < -0.4 is 5.56 Å². The number of benzene rings is 2. The summed E-state index contributed by atoms with van der Waals surface area (Å²) < 4.78 is 6.63. The van der Waals surface area contributed by atoms with Crippen molar-refractivity contribution in [3.63, 3.8) is 0 Å². The molecule has 0 aliphatic heterocycles. The number of nitrogens with zero attached hydrogens (tertiary/aromatic N) is 3. The summed E-state index contributed by atoms with van der Waals surface area (Å²) in [6, 6.07) is 16.7. The van der Waals surface area contributed by atoms with Crippen LogP contribution >= 0.6 is 0 Å². The van der Waals surface area contributed by atoms with E-state index in [1.165, 1.54) is 4.68 Å². The third-order valence-electron chi connectivity index (χ3n) is 3.43. The molecular formula is C17H17N3O3. The van der Waals surface area contributed by atoms with Crippen LogP contribution in [0.2, 0.25) is 0 Å². The normalized spacial score (nSPS) is 12.4. The van der Waals surface area contributed by atoms with Gasteiger partial charge in [0.15, 0.2) is 0 Å². The van der Waals surface area contributed by atoms with Crippen molar-refractivity contribution in [2.45, 2.75) is 19.3 Å². The van der Waals surface area contributed by atoms with Crippen LogP contribution in [0.15, 0.2) is 59.4 Å². The highest BCUT2D eigenvalue weighted by atomic mass is 16.5. The standard InChI is InChI=1S/C17H17N3O3/c21-14(12-23-11-13-6-2-1-3-7-13)10-20-17(22)15-8-4-5-9-16(15)18-19-20/h1-9,14,21H,10-12H2/t14-/m0/s1. The molecule has 2 aromatic carbocycles. The first kappa shape index (κ1) is 15.3. The van der Waals surface area contributed by atoms with Crippen LogP contribution in [0, 0.1) is 0 Å². The number of rotatable bonds is 6. The molecular weight excluding hydrogens is 294 g/mol. The number of aliphatic hydroxyl groups excluding tert-OH is 1. The molecule has 0 spiro atoms. The van der Waals surface area contributed by atoms with Crippen molar-refractivity contribution in [1.82, 2.24) is 15.0 Å². The van der Waals surface area contributed by atoms with E-state index in [0.29, 0.717) is 17.5 Å². The van der Waals surface area contributed by atoms with Crippen LogP contribution in [0.5, 0.6) is 0 Å². The van der Waals surface area contributed by atoms with Crippen molar-refractivity contribution >= 4 is 10.9 Å². The zero-order chi connectivity index (χ0) is 16.1. The minimum atomic E-state index is -0.827. The van der Waals surface area contributed by atoms with Crippen molar-refractivity contribution < 1.29 is 9.84 Å². The largest absolute Gasteiger partial charge is 0.389 e. The van der Waals surface area contributed by atoms with E-state index in [1.54, 1.807) is 24.3 Å². The topological polar surface area (TPSA) is 77.2 Å². The lowest BCUT2D eigenvalue weighted by Crippen LogP contribution is -2.31. The first-order chi connectivity index (χ1) is 11.2. The molecule has 3 aromatic rings. The molecule has 0 amide bonds. The third kappa shape index (κ3) is 3.80. The molecule has 0 saturated heterocycles. The van der Waals surface area contributed by atoms with Gasteiger partial charge in [0.05, 0.1) is 31.2 Å². The lowest BCUT2D eigenvalue weighted by Gasteiger charge is -2.12. The quantitative estimate of drug-likeness (QED) is 0.744. The van der Waals surface area contributed by atoms with Gasteiger partial charge in [-0.2, -0.15) is 0 Å². The zero-order valence-corrected chi connectivity index (χ0v) is 12.5. The highest BCUT2D eigenvalue weighted by Gasteiger charge is 2.10. The molecule has 118 valence electrons. The summed E-state index contributed by atoms with van der Waals surface area (Å²) in [7, 11) is 0. The van der Waals surface area contributed by atoms with Crippen molar-refractivity contribution in [3.8, 4) is 0 Å². The Hall–Kier alpha value is -2.57. The average Bonchev–Trinajstić information content (AvgIpc) is 2.59. The lowest BCUT2D eigenvalue weighted by molar-refractivity contribution is 0.0177. The molecule has 1 heterocycles. The van der Waals surface area contributed by atoms with Crippen LogP contribution in [0.3, 0.4) is 0 Å². The summed E-state index contributed by atoms with van der Waals surface area (Å²) in [5.74, 6) is 0. The summed E-state index contributed by atoms with van der Waals surface area (Å²) in [5.41, 5.74) is 1.31. The van der Waals surface area contributed by atoms with Gasteiger partial charge >= 0.3 is 0 Å². The molecule has 0 unspecified atom stereocenters. The number of hydrogen-bond donors (Lipinski definition) is 1. The van der Waals surface area contributed by atoms with Crippen LogP contribution in [-0.2, 0) is 17.9 Å². The minimum Gasteiger partial charge on any atom is -0.389 e. The van der Waals surface area contributed by atoms with Crippen molar-refractivity contribution in [1.29, 1.82) is 0 Å². The maximum absolute atomic E-state index is 12.3. The fraction of sp³-hybridized carbons (Fsp3) is 0.235. The highest BCUT2D eigenvalue weighted by Crippen LogP contribution is 2.04. The van der Waals surface area contributed by atoms with E-state index < -0.39 is 6.10 Å². The number of hydrogen-bond acceptors (Lipinski definition) is 5. The van der Waals surface area contributed by atoms with Gasteiger partial charge in [-0.3, -0.25) is 4.79 Å². The Bertz CT molecular complexity index is 833. The van der Waals surface area contributed by atoms with E-state index in [-0.39, 0.29) is 18.7 Å². The van der Waals surface area contributed by atoms with Crippen LogP contribution in [-0.4, -0.2) is 32.8 Å². The highest BCUT2D eigenvalue weighted by molar-refractivity contribution is 5.76. The van der Waals surface area contributed by atoms with E-state index >= 15 is 0 Å². The monoisotopic (exact) mass is 311 g/mol. The predicted molar refractivity (Wildman–Crippen MR) is 85.9 cm³/mol. The molecule has 1 atom stereocenters. The molecule has 0 radical (unpaired) electrons. The Labute approximate surface area is 133 Å². The van der Waals surface area contributed by atoms with E-state index in [2.05, 4.69) is 10.3 Å². The molecule has 0 aliphatic carbocycles. The summed E-state index contributed by atoms with van der Waals surface area (Å²) in [6.07, 6.45) is -0.827. The van der Waals surface area contributed by atoms with Gasteiger partial charge in [-0.25, -0.2) is 4.68 Å². The van der Waals surface area contributed by atoms with E-state index in [4.69, 9.17) is 4.74 Å². The maximum atomic E-state index is 12.3. The lowest BCUT2D eigenvalue weighted by atomic mass is 10.2. The fourth-order valence-corrected chi connectivity index (χ4v) is 2.28. The average molecular weight is 311 g/mol. The van der Waals surface area contributed by atoms with E-state index in [1.807, 2.05) is 30.3 Å². The van der Waals surface area contributed by atoms with Gasteiger partial charge in [-0.1, -0.05) is 47.7 Å². The Morgan fingerprint density at radius 2 is 1.83 bits per heavy atom. The van der Waals surface area contributed by atoms with Crippen molar-refractivity contribution in [2.24, 2.45) is 0 Å². The Morgan fingerprint density at radius 3 is 2.65 bits per heavy atom. The second kappa shape index (κ2) is 7.13. The summed E-state index contributed by atoms with van der Waals surface area (Å²) in [5, 5.41) is 18.3. The SMILES string of the molecule is O=c1c2ccccc2nnn1C[C@H](O)COCc1ccccc1. The summed E-state index contributed by atoms with van der Waals surface area (Å²) in [4.78, 5) is 12.3. The van der Waals surface area contributed by atoms with Gasteiger partial charge < -0.3 is 9.84 Å². The molecule has 0 aliphatic rings. The van der Waals surface area contributed by atoms with Gasteiger partial charge in [0.2, 0.25) is 0 Å². The molecule has 0 saturated carbocycles. The molecule has 1 aromatic heterocycles. The molecule has 1 N–H and O–H groups in total. The van der Waals surface area contributed by atoms with Gasteiger partial charge in [0.25, 0.3) is 5.56 Å². The summed E-state index contributed by atoms with van der Waals surface area (Å²) in [6.45, 7) is 0.581. The number of fused-ring (bicyclic) bond motifs is 1. The Kier molecular flexibility index (Phi) is 4.75. The van der Waals surface area contributed by atoms with Gasteiger partial charge in [0, 0.05) is 0 Å². The molecule has 6 nitrogen and oxygen atoms in total. The second-order valence-corrected chi connectivity index (χ2v) is 5.25. The van der Waals surface area contributed by atoms with Crippen molar-refractivity contribution in [3.05, 3.63) is 70.5 Å². The first-order valence-electron chi connectivity index (χ1n) is 7.36. The molecule has 0 bridgehead atoms. The summed E-state index contributed by atoms with van der Waals surface area (Å²) >= 11 is 0. The van der Waals surface area contributed by atoms with E-state index in [0.717, 1.165) is 5.56 Å². The molecule has 23 heavy (non-hydrogen) atoms. The van der Waals surface area contributed by atoms with Gasteiger partial charge in [-0.15, -0.1) is 5.10 Å². The number of ether oxygens (including phenoxy) is 1. The number of aromatic nitrogens is 3. The zero-order valence-electron chi connectivity index (χ0n) is 12.5. The minimum absolute atomic E-state index is 0.0471. The first-order valence-corrected chi connectivity index (χ1v) is 7.36. The van der Waals surface area contributed by atoms with Crippen LogP contribution in [0.4, 0.5) is 0 Å². The van der Waals surface area contributed by atoms with Crippen LogP contribution in [0.1, 0.15) is 5.56 Å². The Balaban J connectivity index is 1.60. The van der Waals surface area contributed by atoms with E-state index in [9.17, 15) is 9.90 Å². The Morgan fingerprint density at radius 1 is 1.09 bits per heavy atom. The van der Waals surface area contributed by atoms with Gasteiger partial charge in [0.1, 0.15) is 5.52 Å². The van der Waals surface area contributed by atoms with Gasteiger partial charge in [-0.05, 0) is 17.7 Å². The smallest absolute Gasteiger partial charge is 0.277 e. The third-order valence-corrected chi connectivity index (χ3v) is 3.43. The van der Waals surface area contributed by atoms with Crippen LogP contribution in [0.25, 0.3) is 10.9 Å². The molecule has 3 rings (SSSR count). The predicted octanol–water partition coefficient (Wildman–Crippen LogP) is 1.37. The molecule has 0 fully saturated rings. The maximum Gasteiger partial charge on any atom is 0.277 e. The van der Waals surface area contributed by atoms with Crippen molar-refractivity contribution in [2.75, 3.05) is 6.61 Å². The number of aliphatic hydroxyl groups is 1.